The first-order chi connectivity index (χ1) is 8.56. The molecule has 0 aliphatic carbocycles. The van der Waals surface area contributed by atoms with E-state index in [0.29, 0.717) is 12.0 Å². The maximum absolute atomic E-state index is 13.6. The van der Waals surface area contributed by atoms with E-state index < -0.39 is 0 Å². The van der Waals surface area contributed by atoms with E-state index in [1.165, 1.54) is 6.07 Å². The maximum atomic E-state index is 13.6. The second kappa shape index (κ2) is 5.59. The van der Waals surface area contributed by atoms with Crippen molar-refractivity contribution >= 4 is 15.9 Å². The van der Waals surface area contributed by atoms with Crippen molar-refractivity contribution in [3.05, 3.63) is 63.6 Å². The summed E-state index contributed by atoms with van der Waals surface area (Å²) in [6, 6.07) is 8.47. The molecule has 1 aromatic carbocycles. The summed E-state index contributed by atoms with van der Waals surface area (Å²) in [7, 11) is 0. The zero-order chi connectivity index (χ0) is 13.1. The van der Waals surface area contributed by atoms with Gasteiger partial charge in [-0.15, -0.1) is 0 Å². The summed E-state index contributed by atoms with van der Waals surface area (Å²) < 4.78 is 14.5. The van der Waals surface area contributed by atoms with Crippen LogP contribution in [0, 0.1) is 12.7 Å². The number of hydrogen-bond donors (Lipinski definition) is 1. The predicted molar refractivity (Wildman–Crippen MR) is 73.7 cm³/mol. The van der Waals surface area contributed by atoms with Gasteiger partial charge in [-0.25, -0.2) is 4.39 Å². The second-order valence-electron chi connectivity index (χ2n) is 4.28. The lowest BCUT2D eigenvalue weighted by Gasteiger charge is -2.13. The zero-order valence-electron chi connectivity index (χ0n) is 10.0. The molecule has 0 saturated carbocycles. The van der Waals surface area contributed by atoms with Gasteiger partial charge in [0, 0.05) is 22.4 Å². The monoisotopic (exact) mass is 308 g/mol. The minimum atomic E-state index is -0.226. The van der Waals surface area contributed by atoms with Gasteiger partial charge in [0.25, 0.3) is 0 Å². The van der Waals surface area contributed by atoms with Crippen LogP contribution in [0.4, 0.5) is 4.39 Å². The Labute approximate surface area is 114 Å². The standard InChI is InChI=1S/C14H14BrFN2/c1-9-6-10(4-5-18-9)14(17)8-11-7-12(15)2-3-13(11)16/h2-7,14H,8,17H2,1H3. The van der Waals surface area contributed by atoms with Gasteiger partial charge in [-0.2, -0.15) is 0 Å². The fourth-order valence-corrected chi connectivity index (χ4v) is 2.26. The van der Waals surface area contributed by atoms with Gasteiger partial charge in [0.1, 0.15) is 5.82 Å². The highest BCUT2D eigenvalue weighted by Gasteiger charge is 2.11. The molecule has 0 aliphatic rings. The smallest absolute Gasteiger partial charge is 0.126 e. The first kappa shape index (κ1) is 13.2. The van der Waals surface area contributed by atoms with Gasteiger partial charge in [0.2, 0.25) is 0 Å². The number of rotatable bonds is 3. The minimum Gasteiger partial charge on any atom is -0.324 e. The Kier molecular flexibility index (Phi) is 4.09. The van der Waals surface area contributed by atoms with Crippen molar-refractivity contribution in [3.8, 4) is 0 Å². The first-order valence-electron chi connectivity index (χ1n) is 5.68. The summed E-state index contributed by atoms with van der Waals surface area (Å²) in [5.41, 5.74) is 8.61. The van der Waals surface area contributed by atoms with E-state index in [4.69, 9.17) is 5.73 Å². The summed E-state index contributed by atoms with van der Waals surface area (Å²) in [5.74, 6) is -0.223. The average molecular weight is 309 g/mol. The van der Waals surface area contributed by atoms with Crippen LogP contribution in [0.25, 0.3) is 0 Å². The van der Waals surface area contributed by atoms with Crippen LogP contribution in [0.15, 0.2) is 41.0 Å². The highest BCUT2D eigenvalue weighted by atomic mass is 79.9. The Morgan fingerprint density at radius 2 is 2.11 bits per heavy atom. The molecular weight excluding hydrogens is 295 g/mol. The second-order valence-corrected chi connectivity index (χ2v) is 5.19. The first-order valence-corrected chi connectivity index (χ1v) is 6.47. The number of benzene rings is 1. The number of aromatic nitrogens is 1. The fourth-order valence-electron chi connectivity index (χ4n) is 1.85. The summed E-state index contributed by atoms with van der Waals surface area (Å²) in [6.07, 6.45) is 2.19. The SMILES string of the molecule is Cc1cc(C(N)Cc2cc(Br)ccc2F)ccn1. The Hall–Kier alpha value is -1.26. The summed E-state index contributed by atoms with van der Waals surface area (Å²) in [5, 5.41) is 0. The number of nitrogens with zero attached hydrogens (tertiary/aromatic N) is 1. The van der Waals surface area contributed by atoms with Gasteiger partial charge in [-0.3, -0.25) is 4.98 Å². The molecule has 0 spiro atoms. The molecule has 0 aliphatic heterocycles. The summed E-state index contributed by atoms with van der Waals surface area (Å²) in [6.45, 7) is 1.91. The van der Waals surface area contributed by atoms with Crippen molar-refractivity contribution in [3.63, 3.8) is 0 Å². The van der Waals surface area contributed by atoms with Crippen molar-refractivity contribution in [2.45, 2.75) is 19.4 Å². The van der Waals surface area contributed by atoms with Gasteiger partial charge in [0.15, 0.2) is 0 Å². The molecule has 4 heteroatoms. The average Bonchev–Trinajstić information content (AvgIpc) is 2.34. The van der Waals surface area contributed by atoms with Gasteiger partial charge in [0.05, 0.1) is 0 Å². The topological polar surface area (TPSA) is 38.9 Å². The van der Waals surface area contributed by atoms with Crippen LogP contribution in [0.1, 0.15) is 22.9 Å². The third kappa shape index (κ3) is 3.15. The fraction of sp³-hybridized carbons (Fsp3) is 0.214. The van der Waals surface area contributed by atoms with Gasteiger partial charge in [-0.05, 0) is 54.8 Å². The Morgan fingerprint density at radius 3 is 2.83 bits per heavy atom. The van der Waals surface area contributed by atoms with E-state index in [2.05, 4.69) is 20.9 Å². The Bertz CT molecular complexity index is 557. The van der Waals surface area contributed by atoms with E-state index in [1.54, 1.807) is 18.3 Å². The lowest BCUT2D eigenvalue weighted by atomic mass is 10.00. The molecule has 0 saturated heterocycles. The largest absolute Gasteiger partial charge is 0.324 e. The summed E-state index contributed by atoms with van der Waals surface area (Å²) >= 11 is 3.34. The molecule has 1 aromatic heterocycles. The zero-order valence-corrected chi connectivity index (χ0v) is 11.6. The highest BCUT2D eigenvalue weighted by molar-refractivity contribution is 9.10. The van der Waals surface area contributed by atoms with Gasteiger partial charge in [-0.1, -0.05) is 15.9 Å². The van der Waals surface area contributed by atoms with E-state index in [0.717, 1.165) is 15.7 Å². The van der Waals surface area contributed by atoms with Crippen LogP contribution < -0.4 is 5.73 Å². The molecule has 1 unspecified atom stereocenters. The van der Waals surface area contributed by atoms with Gasteiger partial charge >= 0.3 is 0 Å². The third-order valence-corrected chi connectivity index (χ3v) is 3.29. The van der Waals surface area contributed by atoms with Crippen molar-refractivity contribution in [1.82, 2.24) is 4.98 Å². The number of pyridine rings is 1. The molecule has 2 aromatic rings. The number of aryl methyl sites for hydroxylation is 1. The Morgan fingerprint density at radius 1 is 1.33 bits per heavy atom. The molecule has 1 heterocycles. The van der Waals surface area contributed by atoms with Crippen molar-refractivity contribution in [1.29, 1.82) is 0 Å². The van der Waals surface area contributed by atoms with E-state index >= 15 is 0 Å². The van der Waals surface area contributed by atoms with Crippen LogP contribution in [0.2, 0.25) is 0 Å². The Balaban J connectivity index is 2.21. The van der Waals surface area contributed by atoms with Crippen molar-refractivity contribution in [2.75, 3.05) is 0 Å². The van der Waals surface area contributed by atoms with E-state index in [1.807, 2.05) is 19.1 Å². The maximum Gasteiger partial charge on any atom is 0.126 e. The molecule has 94 valence electrons. The number of nitrogens with two attached hydrogens (primary N) is 1. The highest BCUT2D eigenvalue weighted by Crippen LogP contribution is 2.21. The van der Waals surface area contributed by atoms with Crippen LogP contribution >= 0.6 is 15.9 Å². The number of hydrogen-bond acceptors (Lipinski definition) is 2. The molecule has 0 radical (unpaired) electrons. The molecule has 0 bridgehead atoms. The quantitative estimate of drug-likeness (QED) is 0.942. The molecule has 0 fully saturated rings. The minimum absolute atomic E-state index is 0.223. The molecule has 0 amide bonds. The van der Waals surface area contributed by atoms with E-state index in [9.17, 15) is 4.39 Å². The van der Waals surface area contributed by atoms with Crippen LogP contribution in [0.3, 0.4) is 0 Å². The molecule has 2 nitrogen and oxygen atoms in total. The molecule has 2 rings (SSSR count). The number of halogens is 2. The molecule has 1 atom stereocenters. The molecule has 2 N–H and O–H groups in total. The lowest BCUT2D eigenvalue weighted by molar-refractivity contribution is 0.592. The van der Waals surface area contributed by atoms with Crippen LogP contribution in [-0.2, 0) is 6.42 Å². The van der Waals surface area contributed by atoms with Gasteiger partial charge < -0.3 is 5.73 Å². The molecule has 18 heavy (non-hydrogen) atoms. The van der Waals surface area contributed by atoms with E-state index in [-0.39, 0.29) is 11.9 Å². The molecular formula is C14H14BrFN2. The lowest BCUT2D eigenvalue weighted by Crippen LogP contribution is -2.14. The van der Waals surface area contributed by atoms with Crippen LogP contribution in [0.5, 0.6) is 0 Å². The predicted octanol–water partition coefficient (Wildman–Crippen LogP) is 3.53. The van der Waals surface area contributed by atoms with Crippen molar-refractivity contribution in [2.24, 2.45) is 5.73 Å². The summed E-state index contributed by atoms with van der Waals surface area (Å²) in [4.78, 5) is 4.12. The van der Waals surface area contributed by atoms with Crippen LogP contribution in [-0.4, -0.2) is 4.98 Å². The normalized spacial score (nSPS) is 12.4. The van der Waals surface area contributed by atoms with Crippen molar-refractivity contribution < 1.29 is 4.39 Å². The third-order valence-electron chi connectivity index (χ3n) is 2.80.